The molecule has 0 N–H and O–H groups in total. The van der Waals surface area contributed by atoms with Crippen LogP contribution in [0.4, 0.5) is 34.1 Å². The highest BCUT2D eigenvalue weighted by molar-refractivity contribution is 7.26. The fourth-order valence-electron chi connectivity index (χ4n) is 16.1. The largest absolute Gasteiger partial charge is 0.309 e. The third-order valence-electron chi connectivity index (χ3n) is 21.0. The van der Waals surface area contributed by atoms with Crippen molar-refractivity contribution in [3.05, 3.63) is 287 Å². The summed E-state index contributed by atoms with van der Waals surface area (Å²) in [6.07, 6.45) is 0. The van der Waals surface area contributed by atoms with Crippen molar-refractivity contribution >= 4 is 97.1 Å². The lowest BCUT2D eigenvalue weighted by Crippen LogP contribution is -2.38. The number of hydrogen-bond acceptors (Lipinski definition) is 4. The maximum atomic E-state index is 2.66. The summed E-state index contributed by atoms with van der Waals surface area (Å²) in [6, 6.07) is 93.0. The van der Waals surface area contributed by atoms with Crippen LogP contribution in [0.5, 0.6) is 0 Å². The lowest BCUT2D eigenvalue weighted by atomic mass is 9.64. The van der Waals surface area contributed by atoms with Gasteiger partial charge in [0.15, 0.2) is 0 Å². The van der Waals surface area contributed by atoms with E-state index in [9.17, 15) is 0 Å². The molecule has 0 amide bonds. The zero-order valence-electron chi connectivity index (χ0n) is 50.8. The second-order valence-electron chi connectivity index (χ2n) is 27.2. The molecule has 2 nitrogen and oxygen atoms in total. The van der Waals surface area contributed by atoms with E-state index in [-0.39, 0.29) is 10.8 Å². The van der Waals surface area contributed by atoms with Crippen molar-refractivity contribution in [2.24, 2.45) is 0 Å². The van der Waals surface area contributed by atoms with Gasteiger partial charge in [-0.1, -0.05) is 213 Å². The van der Waals surface area contributed by atoms with E-state index in [4.69, 9.17) is 0 Å². The third-order valence-corrected chi connectivity index (χ3v) is 23.4. The van der Waals surface area contributed by atoms with Gasteiger partial charge >= 0.3 is 0 Å². The first-order valence-corrected chi connectivity index (χ1v) is 32.8. The van der Waals surface area contributed by atoms with Crippen LogP contribution >= 0.6 is 22.7 Å². The summed E-state index contributed by atoms with van der Waals surface area (Å²) in [5.41, 5.74) is 29.4. The van der Waals surface area contributed by atoms with Crippen molar-refractivity contribution in [1.29, 1.82) is 0 Å². The molecule has 0 saturated heterocycles. The summed E-state index contributed by atoms with van der Waals surface area (Å²) >= 11 is 3.82. The van der Waals surface area contributed by atoms with E-state index in [0.717, 1.165) is 0 Å². The molecule has 0 saturated carbocycles. The zero-order valence-corrected chi connectivity index (χ0v) is 52.4. The van der Waals surface area contributed by atoms with Crippen molar-refractivity contribution in [2.75, 3.05) is 9.80 Å². The van der Waals surface area contributed by atoms with Gasteiger partial charge in [0.25, 0.3) is 0 Å². The van der Waals surface area contributed by atoms with Crippen LogP contribution < -0.4 is 9.80 Å². The van der Waals surface area contributed by atoms with Gasteiger partial charge in [0.1, 0.15) is 0 Å². The van der Waals surface area contributed by atoms with Crippen LogP contribution in [0, 0.1) is 0 Å². The molecule has 6 heterocycles. The van der Waals surface area contributed by atoms with Gasteiger partial charge in [-0.05, 0) is 185 Å². The van der Waals surface area contributed by atoms with Crippen molar-refractivity contribution in [1.82, 2.24) is 0 Å². The lowest BCUT2D eigenvalue weighted by Gasteiger charge is -2.50. The van der Waals surface area contributed by atoms with Crippen molar-refractivity contribution < 1.29 is 0 Å². The van der Waals surface area contributed by atoms with Gasteiger partial charge in [-0.25, -0.2) is 0 Å². The molecule has 0 bridgehead atoms. The molecule has 14 aromatic rings. The number of rotatable bonds is 5. The van der Waals surface area contributed by atoms with Crippen molar-refractivity contribution in [3.8, 4) is 55.6 Å². The summed E-state index contributed by atoms with van der Waals surface area (Å²) in [5.74, 6) is 0. The number of nitrogens with zero attached hydrogens (tertiary/aromatic N) is 2. The molecule has 4 aliphatic heterocycles. The summed E-state index contributed by atoms with van der Waals surface area (Å²) < 4.78 is 5.33. The van der Waals surface area contributed by atoms with Crippen LogP contribution in [-0.2, 0) is 21.7 Å². The molecule has 12 aromatic carbocycles. The average Bonchev–Trinajstić information content (AvgIpc) is 0.866. The van der Waals surface area contributed by atoms with Gasteiger partial charge in [0, 0.05) is 62.0 Å². The summed E-state index contributed by atoms with van der Waals surface area (Å²) in [5, 5.41) is 5.29. The second kappa shape index (κ2) is 18.1. The quantitative estimate of drug-likeness (QED) is 0.169. The van der Waals surface area contributed by atoms with Gasteiger partial charge in [-0.3, -0.25) is 0 Å². The minimum absolute atomic E-state index is 0.356. The first-order chi connectivity index (χ1) is 42.6. The van der Waals surface area contributed by atoms with Crippen LogP contribution in [0.3, 0.4) is 0 Å². The first kappa shape index (κ1) is 51.9. The normalized spacial score (nSPS) is 15.8. The highest BCUT2D eigenvalue weighted by Gasteiger charge is 2.49. The molecule has 422 valence electrons. The predicted molar refractivity (Wildman–Crippen MR) is 377 cm³/mol. The Bertz CT molecular complexity index is 5020. The smallest absolute Gasteiger partial charge is 0.0544 e. The summed E-state index contributed by atoms with van der Waals surface area (Å²) in [6.45, 7) is 19.9. The molecule has 4 heteroatoms. The summed E-state index contributed by atoms with van der Waals surface area (Å²) in [7, 11) is 0. The minimum atomic E-state index is -0.391. The Hall–Kier alpha value is -9.32. The number of thiophene rings is 2. The van der Waals surface area contributed by atoms with E-state index >= 15 is 0 Å². The van der Waals surface area contributed by atoms with Crippen LogP contribution in [0.1, 0.15) is 99.9 Å². The topological polar surface area (TPSA) is 6.48 Å². The third kappa shape index (κ3) is 7.10. The molecule has 4 aliphatic rings. The highest BCUT2D eigenvalue weighted by Crippen LogP contribution is 2.65. The van der Waals surface area contributed by atoms with E-state index in [2.05, 4.69) is 308 Å². The van der Waals surface area contributed by atoms with E-state index < -0.39 is 10.8 Å². The molecule has 0 spiro atoms. The van der Waals surface area contributed by atoms with E-state index in [1.54, 1.807) is 0 Å². The van der Waals surface area contributed by atoms with E-state index in [0.29, 0.717) is 0 Å². The molecular weight excluding hydrogens is 1100 g/mol. The Morgan fingerprint density at radius 2 is 0.534 bits per heavy atom. The fraction of sp³-hybridized carbons (Fsp3) is 0.143. The minimum Gasteiger partial charge on any atom is -0.309 e. The molecule has 18 rings (SSSR count). The van der Waals surface area contributed by atoms with E-state index in [1.165, 1.54) is 175 Å². The van der Waals surface area contributed by atoms with E-state index in [1.807, 2.05) is 22.7 Å². The Labute approximate surface area is 523 Å². The zero-order chi connectivity index (χ0) is 59.3. The number of anilines is 6. The monoisotopic (exact) mass is 1160 g/mol. The van der Waals surface area contributed by atoms with Crippen LogP contribution in [0.2, 0.25) is 0 Å². The van der Waals surface area contributed by atoms with Gasteiger partial charge in [0.05, 0.1) is 34.1 Å². The molecule has 0 radical (unpaired) electrons. The maximum absolute atomic E-state index is 2.66. The van der Waals surface area contributed by atoms with Gasteiger partial charge in [-0.15, -0.1) is 22.7 Å². The lowest BCUT2D eigenvalue weighted by molar-refractivity contribution is 0.596. The number of fused-ring (bicyclic) bond motifs is 14. The molecule has 0 aliphatic carbocycles. The molecule has 0 atom stereocenters. The van der Waals surface area contributed by atoms with Crippen molar-refractivity contribution in [2.45, 2.75) is 77.0 Å². The molecular formula is C84H64N2S2. The Balaban J connectivity index is 0.885. The maximum Gasteiger partial charge on any atom is 0.0544 e. The van der Waals surface area contributed by atoms with Crippen LogP contribution in [0.15, 0.2) is 243 Å². The van der Waals surface area contributed by atoms with Crippen LogP contribution in [0.25, 0.3) is 96.0 Å². The van der Waals surface area contributed by atoms with Crippen LogP contribution in [-0.4, -0.2) is 0 Å². The number of hydrogen-bond donors (Lipinski definition) is 0. The average molecular weight is 1170 g/mol. The van der Waals surface area contributed by atoms with Gasteiger partial charge in [0.2, 0.25) is 0 Å². The highest BCUT2D eigenvalue weighted by atomic mass is 32.1. The molecule has 0 unspecified atom stereocenters. The second-order valence-corrected chi connectivity index (χ2v) is 29.3. The number of benzene rings is 12. The standard InChI is InChI=1S/C84H64N2S2/c1-81(2)63-41-51(49-21-11-9-12-22-49)33-37-71(63)85-72-38-34-52(50-23-13-10-14-24-50)42-64(72)82(3,4)68-46-55(45-67(81)77(68)85)56-47-69-78-70(48-56)84(7,8)66-44-54(58-28-20-30-62-60-26-16-18-32-76(60)88-80(58)62)36-40-74(66)86(78)73-39-35-53(43-65(73)83(69,5)6)57-27-19-29-61-59-25-15-17-31-75(59)87-79(57)61/h9-48H,1-8H3. The fourth-order valence-corrected chi connectivity index (χ4v) is 18.6. The van der Waals surface area contributed by atoms with Crippen molar-refractivity contribution in [3.63, 3.8) is 0 Å². The molecule has 88 heavy (non-hydrogen) atoms. The van der Waals surface area contributed by atoms with Gasteiger partial charge < -0.3 is 9.80 Å². The van der Waals surface area contributed by atoms with Gasteiger partial charge in [-0.2, -0.15) is 0 Å². The predicted octanol–water partition coefficient (Wildman–Crippen LogP) is 24.3. The summed E-state index contributed by atoms with van der Waals surface area (Å²) in [4.78, 5) is 5.29. The Kier molecular flexibility index (Phi) is 10.7. The Morgan fingerprint density at radius 3 is 0.898 bits per heavy atom. The Morgan fingerprint density at radius 1 is 0.239 bits per heavy atom. The SMILES string of the molecule is CC1(C)c2cc(-c3ccccc3)ccc2N2c3ccc(-c4ccccc4)cc3C(C)(C)c3cc(-c4cc5c6c(c4)C(C)(C)c4cc(-c7cccc8c7sc7ccccc78)ccc4N6c4ccc(-c6cccc7c6sc6ccccc67)cc4C5(C)C)cc1c32. The molecule has 0 fully saturated rings. The first-order valence-electron chi connectivity index (χ1n) is 31.1. The molecule has 2 aromatic heterocycles.